The average Bonchev–Trinajstić information content (AvgIpc) is 2.44. The standard InChI is InChI=1S/C16H24ClO3P/c1-4-6-7-8-9-14(3)20-21(18,19-5-2)16-12-10-15(17)11-13-16/h10-13H,3-9H2,1-2H3. The average molecular weight is 331 g/mol. The van der Waals surface area contributed by atoms with Gasteiger partial charge in [-0.05, 0) is 37.6 Å². The molecular formula is C16H24ClO3P. The zero-order valence-corrected chi connectivity index (χ0v) is 14.5. The Hall–Kier alpha value is -0.760. The third-order valence-electron chi connectivity index (χ3n) is 3.00. The largest absolute Gasteiger partial charge is 0.426 e. The van der Waals surface area contributed by atoms with E-state index in [0.717, 1.165) is 12.8 Å². The van der Waals surface area contributed by atoms with Crippen molar-refractivity contribution in [3.05, 3.63) is 41.6 Å². The number of allylic oxidation sites excluding steroid dienone is 1. The van der Waals surface area contributed by atoms with E-state index in [1.165, 1.54) is 12.8 Å². The Bertz CT molecular complexity index is 485. The van der Waals surface area contributed by atoms with Crippen LogP contribution >= 0.6 is 19.2 Å². The van der Waals surface area contributed by atoms with Crippen LogP contribution in [-0.2, 0) is 13.6 Å². The van der Waals surface area contributed by atoms with Crippen molar-refractivity contribution in [1.29, 1.82) is 0 Å². The summed E-state index contributed by atoms with van der Waals surface area (Å²) in [5.41, 5.74) is 0. The molecule has 0 heterocycles. The number of halogens is 1. The highest BCUT2D eigenvalue weighted by molar-refractivity contribution is 7.62. The van der Waals surface area contributed by atoms with Crippen LogP contribution in [0.25, 0.3) is 0 Å². The second kappa shape index (κ2) is 9.30. The van der Waals surface area contributed by atoms with Crippen LogP contribution in [0.1, 0.15) is 46.0 Å². The first-order valence-electron chi connectivity index (χ1n) is 7.40. The van der Waals surface area contributed by atoms with Crippen LogP contribution in [0.5, 0.6) is 0 Å². The van der Waals surface area contributed by atoms with Gasteiger partial charge in [0.05, 0.1) is 17.7 Å². The first-order valence-corrected chi connectivity index (χ1v) is 9.32. The Morgan fingerprint density at radius 3 is 2.43 bits per heavy atom. The first-order chi connectivity index (χ1) is 10.0. The molecule has 1 atom stereocenters. The SMILES string of the molecule is C=C(CCCCCC)OP(=O)(OCC)c1ccc(Cl)cc1. The normalized spacial score (nSPS) is 13.7. The third kappa shape index (κ3) is 6.25. The van der Waals surface area contributed by atoms with Crippen LogP contribution in [0, 0.1) is 0 Å². The second-order valence-electron chi connectivity index (χ2n) is 4.83. The van der Waals surface area contributed by atoms with E-state index in [1.807, 2.05) is 0 Å². The van der Waals surface area contributed by atoms with Gasteiger partial charge in [-0.25, -0.2) is 4.57 Å². The van der Waals surface area contributed by atoms with E-state index in [-0.39, 0.29) is 0 Å². The third-order valence-corrected chi connectivity index (χ3v) is 5.28. The van der Waals surface area contributed by atoms with Gasteiger partial charge in [-0.1, -0.05) is 44.4 Å². The van der Waals surface area contributed by atoms with E-state index < -0.39 is 7.60 Å². The molecule has 0 saturated heterocycles. The monoisotopic (exact) mass is 330 g/mol. The highest BCUT2D eigenvalue weighted by atomic mass is 35.5. The summed E-state index contributed by atoms with van der Waals surface area (Å²) in [5, 5.41) is 1.09. The van der Waals surface area contributed by atoms with Crippen molar-refractivity contribution in [1.82, 2.24) is 0 Å². The molecule has 118 valence electrons. The highest BCUT2D eigenvalue weighted by Crippen LogP contribution is 2.49. The minimum Gasteiger partial charge on any atom is -0.426 e. The molecule has 0 saturated carbocycles. The van der Waals surface area contributed by atoms with Gasteiger partial charge in [0.15, 0.2) is 0 Å². The molecule has 0 aromatic heterocycles. The second-order valence-corrected chi connectivity index (χ2v) is 7.22. The molecule has 0 aliphatic heterocycles. The molecule has 0 fully saturated rings. The Morgan fingerprint density at radius 2 is 1.86 bits per heavy atom. The molecule has 5 heteroatoms. The van der Waals surface area contributed by atoms with Gasteiger partial charge in [-0.15, -0.1) is 0 Å². The molecule has 1 aromatic rings. The van der Waals surface area contributed by atoms with E-state index in [4.69, 9.17) is 20.6 Å². The van der Waals surface area contributed by atoms with E-state index in [2.05, 4.69) is 13.5 Å². The van der Waals surface area contributed by atoms with Crippen molar-refractivity contribution >= 4 is 24.5 Å². The maximum Gasteiger partial charge on any atom is 0.410 e. The molecule has 1 aromatic carbocycles. The predicted molar refractivity (Wildman–Crippen MR) is 89.3 cm³/mol. The molecule has 1 unspecified atom stereocenters. The first kappa shape index (κ1) is 18.3. The smallest absolute Gasteiger partial charge is 0.410 e. The summed E-state index contributed by atoms with van der Waals surface area (Å²) in [6, 6.07) is 6.69. The fourth-order valence-corrected chi connectivity index (χ4v) is 3.63. The van der Waals surface area contributed by atoms with Gasteiger partial charge in [0.25, 0.3) is 0 Å². The number of hydrogen-bond donors (Lipinski definition) is 0. The molecule has 1 rings (SSSR count). The number of unbranched alkanes of at least 4 members (excludes halogenated alkanes) is 3. The summed E-state index contributed by atoms with van der Waals surface area (Å²) >= 11 is 5.85. The van der Waals surface area contributed by atoms with Crippen molar-refractivity contribution in [2.24, 2.45) is 0 Å². The zero-order chi connectivity index (χ0) is 15.7. The van der Waals surface area contributed by atoms with Crippen LogP contribution in [0.2, 0.25) is 5.02 Å². The molecule has 0 spiro atoms. The molecular weight excluding hydrogens is 307 g/mol. The Morgan fingerprint density at radius 1 is 1.19 bits per heavy atom. The van der Waals surface area contributed by atoms with E-state index >= 15 is 0 Å². The Balaban J connectivity index is 2.69. The lowest BCUT2D eigenvalue weighted by molar-refractivity contribution is 0.255. The van der Waals surface area contributed by atoms with Crippen molar-refractivity contribution in [3.63, 3.8) is 0 Å². The fraction of sp³-hybridized carbons (Fsp3) is 0.500. The Labute approximate surface area is 132 Å². The maximum absolute atomic E-state index is 12.9. The van der Waals surface area contributed by atoms with Crippen molar-refractivity contribution in [2.45, 2.75) is 46.0 Å². The zero-order valence-electron chi connectivity index (χ0n) is 12.8. The lowest BCUT2D eigenvalue weighted by Gasteiger charge is -2.20. The minimum atomic E-state index is -3.36. The summed E-state index contributed by atoms with van der Waals surface area (Å²) in [5.74, 6) is 0.512. The lowest BCUT2D eigenvalue weighted by Crippen LogP contribution is -2.10. The number of rotatable bonds is 10. The van der Waals surface area contributed by atoms with Gasteiger partial charge >= 0.3 is 7.60 Å². The predicted octanol–water partition coefficient (Wildman–Crippen LogP) is 5.70. The summed E-state index contributed by atoms with van der Waals surface area (Å²) in [6.45, 7) is 8.12. The summed E-state index contributed by atoms with van der Waals surface area (Å²) in [6.07, 6.45) is 5.17. The molecule has 0 aliphatic rings. The van der Waals surface area contributed by atoms with Crippen LogP contribution < -0.4 is 5.30 Å². The van der Waals surface area contributed by atoms with Crippen molar-refractivity contribution in [2.75, 3.05) is 6.61 Å². The molecule has 0 N–H and O–H groups in total. The van der Waals surface area contributed by atoms with Crippen molar-refractivity contribution < 1.29 is 13.6 Å². The summed E-state index contributed by atoms with van der Waals surface area (Å²) in [4.78, 5) is 0. The van der Waals surface area contributed by atoms with Crippen LogP contribution in [-0.4, -0.2) is 6.61 Å². The van der Waals surface area contributed by atoms with Crippen molar-refractivity contribution in [3.8, 4) is 0 Å². The lowest BCUT2D eigenvalue weighted by atomic mass is 10.1. The molecule has 0 radical (unpaired) electrons. The van der Waals surface area contributed by atoms with Crippen LogP contribution in [0.3, 0.4) is 0 Å². The number of hydrogen-bond acceptors (Lipinski definition) is 3. The molecule has 0 amide bonds. The van der Waals surface area contributed by atoms with E-state index in [0.29, 0.717) is 29.1 Å². The van der Waals surface area contributed by atoms with E-state index in [9.17, 15) is 4.57 Å². The van der Waals surface area contributed by atoms with Gasteiger partial charge in [-0.3, -0.25) is 4.52 Å². The summed E-state index contributed by atoms with van der Waals surface area (Å²) < 4.78 is 23.8. The van der Waals surface area contributed by atoms with Gasteiger partial charge in [0.1, 0.15) is 0 Å². The fourth-order valence-electron chi connectivity index (χ4n) is 1.91. The molecule has 21 heavy (non-hydrogen) atoms. The highest BCUT2D eigenvalue weighted by Gasteiger charge is 2.29. The van der Waals surface area contributed by atoms with Gasteiger partial charge in [-0.2, -0.15) is 0 Å². The van der Waals surface area contributed by atoms with Gasteiger partial charge < -0.3 is 4.52 Å². The molecule has 0 aliphatic carbocycles. The van der Waals surface area contributed by atoms with Gasteiger partial charge in [0.2, 0.25) is 0 Å². The quantitative estimate of drug-likeness (QED) is 0.314. The summed E-state index contributed by atoms with van der Waals surface area (Å²) in [7, 11) is -3.36. The maximum atomic E-state index is 12.9. The van der Waals surface area contributed by atoms with Crippen LogP contribution in [0.4, 0.5) is 0 Å². The molecule has 0 bridgehead atoms. The topological polar surface area (TPSA) is 35.5 Å². The number of benzene rings is 1. The minimum absolute atomic E-state index is 0.309. The van der Waals surface area contributed by atoms with Crippen LogP contribution in [0.15, 0.2) is 36.6 Å². The molecule has 3 nitrogen and oxygen atoms in total. The van der Waals surface area contributed by atoms with E-state index in [1.54, 1.807) is 31.2 Å². The Kier molecular flexibility index (Phi) is 8.10. The van der Waals surface area contributed by atoms with Gasteiger partial charge in [0, 0.05) is 11.4 Å².